The molecular formula is C24H25N5O. The fourth-order valence-corrected chi connectivity index (χ4v) is 3.60. The van der Waals surface area contributed by atoms with Crippen molar-refractivity contribution >= 4 is 23.1 Å². The molecule has 2 aromatic heterocycles. The Kier molecular flexibility index (Phi) is 5.86. The van der Waals surface area contributed by atoms with Crippen molar-refractivity contribution in [1.29, 1.82) is 0 Å². The van der Waals surface area contributed by atoms with Gasteiger partial charge in [-0.3, -0.25) is 0 Å². The molecule has 0 spiro atoms. The van der Waals surface area contributed by atoms with Gasteiger partial charge in [-0.25, -0.2) is 15.0 Å². The minimum absolute atomic E-state index is 0.0203. The fraction of sp³-hybridized carbons (Fsp3) is 0.208. The van der Waals surface area contributed by atoms with Crippen molar-refractivity contribution in [2.24, 2.45) is 0 Å². The van der Waals surface area contributed by atoms with E-state index in [0.29, 0.717) is 23.6 Å². The largest absolute Gasteiger partial charge is 0.382 e. The van der Waals surface area contributed by atoms with E-state index in [1.807, 2.05) is 41.0 Å². The molecule has 0 fully saturated rings. The number of hydrogen-bond acceptors (Lipinski definition) is 5. The summed E-state index contributed by atoms with van der Waals surface area (Å²) in [6.07, 6.45) is 5.77. The molecule has 0 aliphatic heterocycles. The van der Waals surface area contributed by atoms with Crippen molar-refractivity contribution in [3.63, 3.8) is 0 Å². The summed E-state index contributed by atoms with van der Waals surface area (Å²) in [7, 11) is 0. The van der Waals surface area contributed by atoms with Crippen LogP contribution in [0.3, 0.4) is 0 Å². The number of aromatic nitrogens is 4. The Morgan fingerprint density at radius 2 is 1.87 bits per heavy atom. The Morgan fingerprint density at radius 3 is 2.67 bits per heavy atom. The van der Waals surface area contributed by atoms with Crippen molar-refractivity contribution in [2.45, 2.75) is 32.1 Å². The van der Waals surface area contributed by atoms with Crippen LogP contribution in [0, 0.1) is 0 Å². The van der Waals surface area contributed by atoms with E-state index in [9.17, 15) is 0 Å². The third-order valence-corrected chi connectivity index (χ3v) is 5.27. The Bertz CT molecular complexity index is 1140. The van der Waals surface area contributed by atoms with E-state index in [-0.39, 0.29) is 12.1 Å². The number of benzene rings is 2. The molecule has 4 aromatic rings. The highest BCUT2D eigenvalue weighted by molar-refractivity contribution is 5.81. The minimum atomic E-state index is -0.0915. The first kappa shape index (κ1) is 19.8. The quantitative estimate of drug-likeness (QED) is 0.474. The first-order valence-electron chi connectivity index (χ1n) is 9.95. The van der Waals surface area contributed by atoms with Gasteiger partial charge in [-0.15, -0.1) is 0 Å². The van der Waals surface area contributed by atoms with Crippen LogP contribution in [0.5, 0.6) is 0 Å². The zero-order valence-corrected chi connectivity index (χ0v) is 17.0. The Labute approximate surface area is 176 Å². The molecule has 0 bridgehead atoms. The van der Waals surface area contributed by atoms with Crippen molar-refractivity contribution in [2.75, 3.05) is 5.73 Å². The number of ether oxygens (including phenoxy) is 1. The molecule has 0 saturated carbocycles. The van der Waals surface area contributed by atoms with Gasteiger partial charge in [-0.2, -0.15) is 0 Å². The van der Waals surface area contributed by atoms with Crippen LogP contribution in [-0.2, 0) is 17.8 Å². The zero-order valence-electron chi connectivity index (χ0n) is 17.0. The van der Waals surface area contributed by atoms with Gasteiger partial charge in [0, 0.05) is 0 Å². The maximum Gasteiger partial charge on any atom is 0.165 e. The maximum atomic E-state index is 6.28. The highest BCUT2D eigenvalue weighted by Gasteiger charge is 2.24. The third kappa shape index (κ3) is 4.23. The SMILES string of the molecule is C=Cc1cccc(C[C@H]([C@H](C)OCc2ccccc2)n2cnc3c(N)ncnc32)c1. The van der Waals surface area contributed by atoms with Gasteiger partial charge in [0.15, 0.2) is 11.5 Å². The van der Waals surface area contributed by atoms with Crippen LogP contribution in [0.1, 0.15) is 29.7 Å². The Balaban J connectivity index is 1.66. The van der Waals surface area contributed by atoms with Crippen LogP contribution >= 0.6 is 0 Å². The Morgan fingerprint density at radius 1 is 1.07 bits per heavy atom. The van der Waals surface area contributed by atoms with Gasteiger partial charge in [0.2, 0.25) is 0 Å². The second-order valence-electron chi connectivity index (χ2n) is 7.31. The van der Waals surface area contributed by atoms with Gasteiger partial charge in [0.25, 0.3) is 0 Å². The van der Waals surface area contributed by atoms with Crippen molar-refractivity contribution in [1.82, 2.24) is 19.5 Å². The molecule has 4 rings (SSSR count). The standard InChI is InChI=1S/C24H25N5O/c1-3-18-10-7-11-20(12-18)13-21(17(2)30-14-19-8-5-4-6-9-19)29-16-28-22-23(25)26-15-27-24(22)29/h3-12,15-17,21H,1,13-14H2,2H3,(H2,25,26,27)/t17-,21+/m0/s1. The van der Waals surface area contributed by atoms with Crippen LogP contribution < -0.4 is 5.73 Å². The van der Waals surface area contributed by atoms with Crippen LogP contribution in [-0.4, -0.2) is 25.6 Å². The highest BCUT2D eigenvalue weighted by atomic mass is 16.5. The van der Waals surface area contributed by atoms with Gasteiger partial charge in [-0.05, 0) is 30.0 Å². The number of anilines is 1. The minimum Gasteiger partial charge on any atom is -0.382 e. The molecule has 2 N–H and O–H groups in total. The summed E-state index contributed by atoms with van der Waals surface area (Å²) < 4.78 is 8.32. The zero-order chi connectivity index (χ0) is 20.9. The number of hydrogen-bond donors (Lipinski definition) is 1. The summed E-state index contributed by atoms with van der Waals surface area (Å²) in [5.41, 5.74) is 10.7. The number of fused-ring (bicyclic) bond motifs is 1. The van der Waals surface area contributed by atoms with E-state index in [1.54, 1.807) is 6.33 Å². The van der Waals surface area contributed by atoms with Crippen molar-refractivity contribution < 1.29 is 4.74 Å². The number of imidazole rings is 1. The van der Waals surface area contributed by atoms with E-state index < -0.39 is 0 Å². The van der Waals surface area contributed by atoms with Gasteiger partial charge in [0.1, 0.15) is 11.8 Å². The molecule has 0 radical (unpaired) electrons. The molecule has 152 valence electrons. The highest BCUT2D eigenvalue weighted by Crippen LogP contribution is 2.27. The third-order valence-electron chi connectivity index (χ3n) is 5.27. The van der Waals surface area contributed by atoms with E-state index in [4.69, 9.17) is 10.5 Å². The molecule has 0 unspecified atom stereocenters. The summed E-state index contributed by atoms with van der Waals surface area (Å²) in [5, 5.41) is 0. The average molecular weight is 399 g/mol. The number of nitrogens with two attached hydrogens (primary N) is 1. The lowest BCUT2D eigenvalue weighted by Gasteiger charge is -2.26. The van der Waals surface area contributed by atoms with Crippen molar-refractivity contribution in [3.05, 3.63) is 90.5 Å². The summed E-state index contributed by atoms with van der Waals surface area (Å²) in [4.78, 5) is 12.9. The van der Waals surface area contributed by atoms with E-state index >= 15 is 0 Å². The smallest absolute Gasteiger partial charge is 0.165 e. The molecule has 6 nitrogen and oxygen atoms in total. The summed E-state index contributed by atoms with van der Waals surface area (Å²) >= 11 is 0. The topological polar surface area (TPSA) is 78.9 Å². The maximum absolute atomic E-state index is 6.28. The molecule has 2 atom stereocenters. The molecule has 30 heavy (non-hydrogen) atoms. The summed E-state index contributed by atoms with van der Waals surface area (Å²) in [6.45, 7) is 6.50. The second-order valence-corrected chi connectivity index (χ2v) is 7.31. The van der Waals surface area contributed by atoms with E-state index in [2.05, 4.69) is 52.7 Å². The van der Waals surface area contributed by atoms with Gasteiger partial charge in [0.05, 0.1) is 25.1 Å². The predicted octanol–water partition coefficient (Wildman–Crippen LogP) is 4.44. The van der Waals surface area contributed by atoms with E-state index in [1.165, 1.54) is 11.9 Å². The number of nitrogens with zero attached hydrogens (tertiary/aromatic N) is 4. The lowest BCUT2D eigenvalue weighted by Crippen LogP contribution is -2.26. The van der Waals surface area contributed by atoms with Crippen LogP contribution in [0.15, 0.2) is 73.8 Å². The van der Waals surface area contributed by atoms with Gasteiger partial charge >= 0.3 is 0 Å². The van der Waals surface area contributed by atoms with Crippen LogP contribution in [0.25, 0.3) is 17.2 Å². The molecule has 0 saturated heterocycles. The fourth-order valence-electron chi connectivity index (χ4n) is 3.60. The molecule has 0 aliphatic carbocycles. The molecular weight excluding hydrogens is 374 g/mol. The normalized spacial score (nSPS) is 13.2. The first-order valence-corrected chi connectivity index (χ1v) is 9.95. The number of nitrogen functional groups attached to an aromatic ring is 1. The number of rotatable bonds is 8. The molecule has 2 aromatic carbocycles. The summed E-state index contributed by atoms with van der Waals surface area (Å²) in [6, 6.07) is 18.5. The monoisotopic (exact) mass is 399 g/mol. The Hall–Kier alpha value is -3.51. The molecule has 2 heterocycles. The first-order chi connectivity index (χ1) is 14.7. The molecule has 0 aliphatic rings. The van der Waals surface area contributed by atoms with Crippen LogP contribution in [0.4, 0.5) is 5.82 Å². The average Bonchev–Trinajstić information content (AvgIpc) is 3.22. The molecule has 0 amide bonds. The lowest BCUT2D eigenvalue weighted by molar-refractivity contribution is 0.0181. The predicted molar refractivity (Wildman–Crippen MR) is 120 cm³/mol. The van der Waals surface area contributed by atoms with Gasteiger partial charge in [-0.1, -0.05) is 67.3 Å². The lowest BCUT2D eigenvalue weighted by atomic mass is 10.00. The van der Waals surface area contributed by atoms with Crippen molar-refractivity contribution in [3.8, 4) is 0 Å². The molecule has 6 heteroatoms. The second kappa shape index (κ2) is 8.88. The van der Waals surface area contributed by atoms with E-state index in [0.717, 1.165) is 17.5 Å². The van der Waals surface area contributed by atoms with Crippen LogP contribution in [0.2, 0.25) is 0 Å². The van der Waals surface area contributed by atoms with Gasteiger partial charge < -0.3 is 15.0 Å². The summed E-state index contributed by atoms with van der Waals surface area (Å²) in [5.74, 6) is 0.379.